The van der Waals surface area contributed by atoms with Crippen LogP contribution < -0.4 is 16.0 Å². The largest absolute Gasteiger partial charge is 0.446 e. The monoisotopic (exact) mass is 358 g/mol. The van der Waals surface area contributed by atoms with Gasteiger partial charge in [0, 0.05) is 24.5 Å². The van der Waals surface area contributed by atoms with Crippen molar-refractivity contribution in [3.63, 3.8) is 0 Å². The molecule has 1 fully saturated rings. The van der Waals surface area contributed by atoms with E-state index < -0.39 is 0 Å². The number of hydrogen-bond acceptors (Lipinski definition) is 6. The standard InChI is InChI=1S/C19H26N4O3/c1-13(2)11-16(20)19-22-17(12-26-19)18(24)21-14-3-5-15(6-4-14)23-7-9-25-10-8-23/h3-6,12-13,16H,7-11,20H2,1-2H3,(H,21,24). The van der Waals surface area contributed by atoms with Crippen LogP contribution in [0.4, 0.5) is 11.4 Å². The molecule has 3 rings (SSSR count). The number of nitrogens with zero attached hydrogens (tertiary/aromatic N) is 2. The Morgan fingerprint density at radius 3 is 2.62 bits per heavy atom. The number of carbonyl (C=O) groups excluding carboxylic acids is 1. The van der Waals surface area contributed by atoms with Gasteiger partial charge in [-0.3, -0.25) is 4.79 Å². The molecule has 2 heterocycles. The minimum Gasteiger partial charge on any atom is -0.446 e. The first-order valence-corrected chi connectivity index (χ1v) is 8.98. The van der Waals surface area contributed by atoms with Crippen LogP contribution in [0, 0.1) is 5.92 Å². The molecule has 7 heteroatoms. The molecular weight excluding hydrogens is 332 g/mol. The molecule has 0 bridgehead atoms. The van der Waals surface area contributed by atoms with E-state index in [1.165, 1.54) is 6.26 Å². The molecule has 0 saturated carbocycles. The zero-order valence-electron chi connectivity index (χ0n) is 15.3. The Kier molecular flexibility index (Phi) is 5.90. The lowest BCUT2D eigenvalue weighted by Gasteiger charge is -2.28. The summed E-state index contributed by atoms with van der Waals surface area (Å²) < 4.78 is 10.7. The Bertz CT molecular complexity index is 721. The van der Waals surface area contributed by atoms with Gasteiger partial charge in [-0.1, -0.05) is 13.8 Å². The Morgan fingerprint density at radius 1 is 1.27 bits per heavy atom. The molecule has 0 spiro atoms. The van der Waals surface area contributed by atoms with E-state index in [9.17, 15) is 4.79 Å². The van der Waals surface area contributed by atoms with Crippen LogP contribution in [-0.2, 0) is 4.74 Å². The van der Waals surface area contributed by atoms with E-state index in [0.29, 0.717) is 17.5 Å². The van der Waals surface area contributed by atoms with E-state index >= 15 is 0 Å². The van der Waals surface area contributed by atoms with Gasteiger partial charge in [0.05, 0.1) is 19.3 Å². The van der Waals surface area contributed by atoms with Crippen LogP contribution in [0.3, 0.4) is 0 Å². The van der Waals surface area contributed by atoms with Gasteiger partial charge in [-0.05, 0) is 36.6 Å². The average molecular weight is 358 g/mol. The van der Waals surface area contributed by atoms with Crippen LogP contribution in [0.25, 0.3) is 0 Å². The third-order valence-electron chi connectivity index (χ3n) is 4.30. The highest BCUT2D eigenvalue weighted by atomic mass is 16.5. The Morgan fingerprint density at radius 2 is 1.96 bits per heavy atom. The molecule has 7 nitrogen and oxygen atoms in total. The number of aromatic nitrogens is 1. The average Bonchev–Trinajstić information content (AvgIpc) is 3.13. The normalized spacial score (nSPS) is 15.9. The second-order valence-corrected chi connectivity index (χ2v) is 6.91. The molecule has 1 aromatic carbocycles. The molecule has 1 amide bonds. The summed E-state index contributed by atoms with van der Waals surface area (Å²) in [6.45, 7) is 7.40. The van der Waals surface area contributed by atoms with Gasteiger partial charge >= 0.3 is 0 Å². The Labute approximate surface area is 153 Å². The molecule has 0 radical (unpaired) electrons. The summed E-state index contributed by atoms with van der Waals surface area (Å²) in [5.74, 6) is 0.515. The fourth-order valence-corrected chi connectivity index (χ4v) is 2.94. The summed E-state index contributed by atoms with van der Waals surface area (Å²) in [7, 11) is 0. The van der Waals surface area contributed by atoms with Crippen molar-refractivity contribution in [1.29, 1.82) is 0 Å². The molecule has 1 aromatic heterocycles. The molecular formula is C19H26N4O3. The quantitative estimate of drug-likeness (QED) is 0.825. The SMILES string of the molecule is CC(C)CC(N)c1nc(C(=O)Nc2ccc(N3CCOCC3)cc2)co1. The van der Waals surface area contributed by atoms with Crippen LogP contribution >= 0.6 is 0 Å². The number of rotatable bonds is 6. The van der Waals surface area contributed by atoms with Crippen molar-refractivity contribution < 1.29 is 13.9 Å². The maximum Gasteiger partial charge on any atom is 0.277 e. The predicted octanol–water partition coefficient (Wildman–Crippen LogP) is 2.81. The number of amides is 1. The van der Waals surface area contributed by atoms with Gasteiger partial charge in [-0.2, -0.15) is 0 Å². The van der Waals surface area contributed by atoms with Crippen LogP contribution in [0.1, 0.15) is 42.7 Å². The zero-order valence-corrected chi connectivity index (χ0v) is 15.3. The van der Waals surface area contributed by atoms with Gasteiger partial charge in [0.25, 0.3) is 5.91 Å². The van der Waals surface area contributed by atoms with Crippen molar-refractivity contribution in [1.82, 2.24) is 4.98 Å². The van der Waals surface area contributed by atoms with E-state index in [1.54, 1.807) is 0 Å². The van der Waals surface area contributed by atoms with Crippen LogP contribution in [0.15, 0.2) is 34.9 Å². The molecule has 1 aliphatic heterocycles. The molecule has 2 aromatic rings. The van der Waals surface area contributed by atoms with Crippen molar-refractivity contribution in [2.75, 3.05) is 36.5 Å². The zero-order chi connectivity index (χ0) is 18.5. The fourth-order valence-electron chi connectivity index (χ4n) is 2.94. The Hall–Kier alpha value is -2.38. The van der Waals surface area contributed by atoms with Crippen LogP contribution in [0.5, 0.6) is 0 Å². The van der Waals surface area contributed by atoms with E-state index in [2.05, 4.69) is 29.0 Å². The summed E-state index contributed by atoms with van der Waals surface area (Å²) in [6.07, 6.45) is 2.11. The summed E-state index contributed by atoms with van der Waals surface area (Å²) in [5, 5.41) is 2.84. The van der Waals surface area contributed by atoms with Gasteiger partial charge in [0.2, 0.25) is 5.89 Å². The second-order valence-electron chi connectivity index (χ2n) is 6.91. The van der Waals surface area contributed by atoms with Crippen LogP contribution in [-0.4, -0.2) is 37.2 Å². The van der Waals surface area contributed by atoms with Crippen molar-refractivity contribution in [3.05, 3.63) is 42.1 Å². The van der Waals surface area contributed by atoms with Crippen molar-refractivity contribution >= 4 is 17.3 Å². The number of oxazole rings is 1. The number of nitrogens with one attached hydrogen (secondary N) is 1. The molecule has 3 N–H and O–H groups in total. The fraction of sp³-hybridized carbons (Fsp3) is 0.474. The van der Waals surface area contributed by atoms with E-state index in [0.717, 1.165) is 38.4 Å². The molecule has 26 heavy (non-hydrogen) atoms. The lowest BCUT2D eigenvalue weighted by Crippen LogP contribution is -2.36. The Balaban J connectivity index is 1.60. The maximum absolute atomic E-state index is 12.4. The molecule has 0 aliphatic carbocycles. The number of nitrogens with two attached hydrogens (primary N) is 1. The third kappa shape index (κ3) is 4.62. The highest BCUT2D eigenvalue weighted by molar-refractivity contribution is 6.02. The number of benzene rings is 1. The van der Waals surface area contributed by atoms with Crippen molar-refractivity contribution in [2.24, 2.45) is 11.7 Å². The van der Waals surface area contributed by atoms with Gasteiger partial charge in [-0.25, -0.2) is 4.98 Å². The predicted molar refractivity (Wildman–Crippen MR) is 100 cm³/mol. The highest BCUT2D eigenvalue weighted by Gasteiger charge is 2.18. The van der Waals surface area contributed by atoms with Gasteiger partial charge in [0.15, 0.2) is 5.69 Å². The smallest absolute Gasteiger partial charge is 0.277 e. The molecule has 1 aliphatic rings. The van der Waals surface area contributed by atoms with Gasteiger partial charge in [0.1, 0.15) is 6.26 Å². The number of anilines is 2. The number of hydrogen-bond donors (Lipinski definition) is 2. The maximum atomic E-state index is 12.4. The third-order valence-corrected chi connectivity index (χ3v) is 4.30. The molecule has 140 valence electrons. The van der Waals surface area contributed by atoms with Gasteiger partial charge in [-0.15, -0.1) is 0 Å². The lowest BCUT2D eigenvalue weighted by atomic mass is 10.0. The topological polar surface area (TPSA) is 93.6 Å². The highest BCUT2D eigenvalue weighted by Crippen LogP contribution is 2.21. The first-order chi connectivity index (χ1) is 12.5. The van der Waals surface area contributed by atoms with Crippen molar-refractivity contribution in [3.8, 4) is 0 Å². The molecule has 1 saturated heterocycles. The van der Waals surface area contributed by atoms with E-state index in [-0.39, 0.29) is 17.6 Å². The minimum atomic E-state index is -0.309. The lowest BCUT2D eigenvalue weighted by molar-refractivity contribution is 0.102. The second kappa shape index (κ2) is 8.33. The number of morpholine rings is 1. The van der Waals surface area contributed by atoms with Crippen LogP contribution in [0.2, 0.25) is 0 Å². The summed E-state index contributed by atoms with van der Waals surface area (Å²) in [4.78, 5) is 18.8. The first-order valence-electron chi connectivity index (χ1n) is 8.98. The minimum absolute atomic E-state index is 0.233. The molecule has 1 unspecified atom stereocenters. The van der Waals surface area contributed by atoms with Crippen molar-refractivity contribution in [2.45, 2.75) is 26.3 Å². The first kappa shape index (κ1) is 18.4. The summed E-state index contributed by atoms with van der Waals surface area (Å²) >= 11 is 0. The molecule has 1 atom stereocenters. The van der Waals surface area contributed by atoms with E-state index in [1.807, 2.05) is 24.3 Å². The van der Waals surface area contributed by atoms with E-state index in [4.69, 9.17) is 14.9 Å². The van der Waals surface area contributed by atoms with Gasteiger partial charge < -0.3 is 25.1 Å². The summed E-state index contributed by atoms with van der Waals surface area (Å²) in [5.41, 5.74) is 8.11. The number of ether oxygens (including phenoxy) is 1. The summed E-state index contributed by atoms with van der Waals surface area (Å²) in [6, 6.07) is 7.45. The number of carbonyl (C=O) groups is 1.